The van der Waals surface area contributed by atoms with E-state index in [2.05, 4.69) is 71.7 Å². The minimum Gasteiger partial charge on any atom is -0.481 e. The van der Waals surface area contributed by atoms with Crippen LogP contribution in [-0.4, -0.2) is 209 Å². The largest absolute Gasteiger partial charge is 0.481 e. The van der Waals surface area contributed by atoms with Crippen LogP contribution in [0.5, 0.6) is 0 Å². The third kappa shape index (κ3) is 26.7. The van der Waals surface area contributed by atoms with Gasteiger partial charge in [0.15, 0.2) is 0 Å². The Hall–Kier alpha value is -5.33. The number of amides is 5. The Morgan fingerprint density at radius 3 is 1.64 bits per heavy atom. The number of nitrogens with two attached hydrogens (primary N) is 4. The lowest BCUT2D eigenvalue weighted by molar-refractivity contribution is -0.144. The van der Waals surface area contributed by atoms with Crippen LogP contribution in [0.2, 0.25) is 0 Å². The third-order valence-electron chi connectivity index (χ3n) is 15.0. The van der Waals surface area contributed by atoms with Crippen LogP contribution in [0.3, 0.4) is 0 Å². The fourth-order valence-corrected chi connectivity index (χ4v) is 10.2. The zero-order chi connectivity index (χ0) is 65.7. The van der Waals surface area contributed by atoms with E-state index in [0.717, 1.165) is 6.29 Å². The number of nitrogens with zero attached hydrogens (tertiary/aromatic N) is 2. The van der Waals surface area contributed by atoms with E-state index in [1.807, 2.05) is 13.8 Å². The molecule has 0 radical (unpaired) electrons. The second kappa shape index (κ2) is 40.3. The predicted molar refractivity (Wildman–Crippen MR) is 324 cm³/mol. The number of hydrazine groups is 3. The van der Waals surface area contributed by atoms with Crippen LogP contribution >= 0.6 is 12.6 Å². The summed E-state index contributed by atoms with van der Waals surface area (Å²) in [5.74, 6) is -11.1. The number of nitrogens with one attached hydrogen (secondary N) is 11. The van der Waals surface area contributed by atoms with E-state index in [1.165, 1.54) is 4.90 Å². The van der Waals surface area contributed by atoms with Gasteiger partial charge in [-0.25, -0.2) is 32.1 Å². The molecule has 2 fully saturated rings. The van der Waals surface area contributed by atoms with E-state index in [-0.39, 0.29) is 62.3 Å². The zero-order valence-corrected chi connectivity index (χ0v) is 52.5. The van der Waals surface area contributed by atoms with E-state index in [4.69, 9.17) is 22.9 Å². The van der Waals surface area contributed by atoms with Gasteiger partial charge in [-0.1, -0.05) is 61.8 Å². The van der Waals surface area contributed by atoms with Crippen molar-refractivity contribution in [2.75, 3.05) is 38.5 Å². The molecule has 0 bridgehead atoms. The molecule has 2 saturated heterocycles. The lowest BCUT2D eigenvalue weighted by Crippen LogP contribution is -2.63. The molecule has 0 aromatic heterocycles. The molecule has 2 aliphatic rings. The first-order valence-electron chi connectivity index (χ1n) is 30.1. The first-order chi connectivity index (χ1) is 41.0. The second-order valence-electron chi connectivity index (χ2n) is 23.5. The summed E-state index contributed by atoms with van der Waals surface area (Å²) in [5.41, 5.74) is 35.8. The van der Waals surface area contributed by atoms with Crippen molar-refractivity contribution in [3.05, 3.63) is 0 Å². The topological polar surface area (TPSA) is 488 Å². The van der Waals surface area contributed by atoms with Crippen LogP contribution in [0.25, 0.3) is 0 Å². The summed E-state index contributed by atoms with van der Waals surface area (Å²) in [6.45, 7) is 14.3. The highest BCUT2D eigenvalue weighted by Crippen LogP contribution is 2.24. The summed E-state index contributed by atoms with van der Waals surface area (Å²) >= 11 is 4.27. The van der Waals surface area contributed by atoms with Crippen molar-refractivity contribution in [3.8, 4) is 0 Å². The molecule has 87 heavy (non-hydrogen) atoms. The van der Waals surface area contributed by atoms with Gasteiger partial charge in [-0.2, -0.15) is 12.6 Å². The van der Waals surface area contributed by atoms with Gasteiger partial charge in [0.2, 0.25) is 52.7 Å². The van der Waals surface area contributed by atoms with E-state index >= 15 is 0 Å². The van der Waals surface area contributed by atoms with Crippen molar-refractivity contribution in [1.82, 2.24) is 68.9 Å². The Morgan fingerprint density at radius 2 is 1.11 bits per heavy atom. The predicted octanol–water partition coefficient (Wildman–Crippen LogP) is -5.08. The lowest BCUT2D eigenvalue weighted by Gasteiger charge is -2.33. The van der Waals surface area contributed by atoms with E-state index in [0.29, 0.717) is 64.3 Å². The molecule has 0 aliphatic carbocycles. The number of ketones is 4. The first kappa shape index (κ1) is 77.8. The summed E-state index contributed by atoms with van der Waals surface area (Å²) in [4.78, 5) is 163. The molecular formula is C55H101N17O14S. The third-order valence-corrected chi connectivity index (χ3v) is 15.3. The minimum atomic E-state index is -1.89. The molecule has 5 amide bonds. The number of carbonyl (C=O) groups excluding carboxylic acids is 11. The number of carbonyl (C=O) groups is 12. The van der Waals surface area contributed by atoms with Crippen molar-refractivity contribution in [3.63, 3.8) is 0 Å². The fraction of sp³-hybridized carbons (Fsp3) is 0.782. The number of hydrogen-bond acceptors (Lipinski definition) is 26. The molecule has 0 aromatic rings. The molecule has 2 aliphatic heterocycles. The van der Waals surface area contributed by atoms with Crippen LogP contribution in [0.4, 0.5) is 0 Å². The molecule has 2 rings (SSSR count). The van der Waals surface area contributed by atoms with Crippen molar-refractivity contribution in [1.29, 1.82) is 0 Å². The van der Waals surface area contributed by atoms with Crippen LogP contribution < -0.4 is 82.0 Å². The van der Waals surface area contributed by atoms with Gasteiger partial charge in [0.05, 0.1) is 49.3 Å². The average molecular weight is 1260 g/mol. The van der Waals surface area contributed by atoms with E-state index in [1.54, 1.807) is 46.6 Å². The summed E-state index contributed by atoms with van der Waals surface area (Å²) in [5, 5.41) is 38.1. The molecule has 31 nitrogen and oxygen atoms in total. The van der Waals surface area contributed by atoms with Gasteiger partial charge in [0.1, 0.15) is 55.4 Å². The van der Waals surface area contributed by atoms with Gasteiger partial charge in [-0.05, 0) is 101 Å². The SMILES string of the molecule is CC[C@H](C)C(NC(=O)[C@H](CS)NN[C@@H](CC(=O)O)C(=O)C(=O)[C@H](CO)NN[C@@H](CCCNC(N)N)C(=O)N[C@H](C(=O)N[C@H](C=O)CC(C)C)C(C)C)C(=O)N[C@@H](CC(C)C)C(=O)C(=O)[C@H](CCCNC(N)N)NN1CCC[C@H]1C(=O)N1CCC[C@H]1C=O. The van der Waals surface area contributed by atoms with Crippen molar-refractivity contribution in [2.45, 2.75) is 211 Å². The number of likely N-dealkylation sites (tertiary alicyclic amines) is 1. The highest BCUT2D eigenvalue weighted by atomic mass is 32.1. The Morgan fingerprint density at radius 1 is 0.609 bits per heavy atom. The molecule has 21 N–H and O–H groups in total. The van der Waals surface area contributed by atoms with Gasteiger partial charge in [0, 0.05) is 18.8 Å². The fourth-order valence-electron chi connectivity index (χ4n) is 9.95. The standard InChI is InChI=1S/C55H101N17O14S/c1-9-32(8)44(52(85)63-37(23-30(4)5)46(79)45(78)35(15-10-18-60-54(56)57)70-72-21-13-17-41(72)53(86)71-20-12-14-34(71)26-74)65-50(83)40(28-87)69-67-38(24-42(76)77)47(80)48(81)39(27-75)68-66-36(16-11-19-61-55(58)59)49(82)64-43(31(6)7)51(84)62-33(25-73)22-29(2)3/h25-26,29-41,43-44,54-55,60-61,66-70,75,87H,9-24,27-28,56-59H2,1-8H3,(H,62,84)(H,63,85)(H,64,82)(H,65,83)(H,76,77)/t32-,33-,34-,35-,36-,37-,38-,39-,40-,41-,43-,44?/m0/s1. The van der Waals surface area contributed by atoms with E-state index < -0.39 is 157 Å². The Balaban J connectivity index is 2.33. The number of aliphatic hydroxyl groups is 1. The monoisotopic (exact) mass is 1260 g/mol. The lowest BCUT2D eigenvalue weighted by atomic mass is 9.92. The average Bonchev–Trinajstić information content (AvgIpc) is 2.40. The summed E-state index contributed by atoms with van der Waals surface area (Å²) in [7, 11) is 0. The van der Waals surface area contributed by atoms with Crippen molar-refractivity contribution < 1.29 is 67.7 Å². The Kier molecular flexibility index (Phi) is 36.1. The molecule has 0 saturated carbocycles. The van der Waals surface area contributed by atoms with Crippen LogP contribution in [0.15, 0.2) is 0 Å². The van der Waals surface area contributed by atoms with Gasteiger partial charge >= 0.3 is 5.97 Å². The van der Waals surface area contributed by atoms with E-state index in [9.17, 15) is 67.7 Å². The summed E-state index contributed by atoms with van der Waals surface area (Å²) in [6.07, 6.45) is 2.14. The molecule has 1 unspecified atom stereocenters. The van der Waals surface area contributed by atoms with Crippen LogP contribution in [-0.2, 0) is 57.5 Å². The number of aliphatic carboxylic acids is 1. The van der Waals surface area contributed by atoms with Crippen LogP contribution in [0, 0.1) is 23.7 Å². The Labute approximate surface area is 515 Å². The molecule has 0 spiro atoms. The number of aliphatic hydroxyl groups excluding tert-OH is 1. The maximum atomic E-state index is 14.4. The number of rotatable bonds is 46. The summed E-state index contributed by atoms with van der Waals surface area (Å²) in [6, 6.07) is -13.5. The maximum absolute atomic E-state index is 14.4. The van der Waals surface area contributed by atoms with Gasteiger partial charge in [-0.3, -0.25) is 58.6 Å². The molecule has 2 heterocycles. The highest BCUT2D eigenvalue weighted by Gasteiger charge is 2.42. The smallest absolute Gasteiger partial charge is 0.305 e. The molecule has 496 valence electrons. The highest BCUT2D eigenvalue weighted by molar-refractivity contribution is 7.80. The number of carboxylic acids is 1. The first-order valence-corrected chi connectivity index (χ1v) is 30.7. The second-order valence-corrected chi connectivity index (χ2v) is 23.9. The molecule has 12 atom stereocenters. The molecule has 32 heteroatoms. The quantitative estimate of drug-likeness (QED) is 0.00677. The van der Waals surface area contributed by atoms with Crippen molar-refractivity contribution in [2.24, 2.45) is 46.6 Å². The molecular weight excluding hydrogens is 1150 g/mol. The maximum Gasteiger partial charge on any atom is 0.305 e. The number of aldehydes is 2. The molecule has 0 aromatic carbocycles. The number of carboxylic acid groups (broad SMARTS) is 1. The number of Topliss-reactive ketones (excluding diaryl/α,β-unsaturated/α-hetero) is 4. The van der Waals surface area contributed by atoms with Gasteiger partial charge < -0.3 is 68.9 Å². The van der Waals surface area contributed by atoms with Gasteiger partial charge in [-0.15, -0.1) is 0 Å². The summed E-state index contributed by atoms with van der Waals surface area (Å²) < 4.78 is 0. The normalized spacial score (nSPS) is 19.0. The number of hydrogen-bond donors (Lipinski definition) is 18. The van der Waals surface area contributed by atoms with Gasteiger partial charge in [0.25, 0.3) is 0 Å². The van der Waals surface area contributed by atoms with Crippen molar-refractivity contribution >= 4 is 83.8 Å². The number of thiol groups is 1. The zero-order valence-electron chi connectivity index (χ0n) is 51.6. The minimum absolute atomic E-state index is 0.00471. The van der Waals surface area contributed by atoms with Crippen LogP contribution in [0.1, 0.15) is 132 Å². The Bertz CT molecular complexity index is 2270.